The van der Waals surface area contributed by atoms with Gasteiger partial charge in [-0.15, -0.1) is 0 Å². The lowest BCUT2D eigenvalue weighted by Crippen LogP contribution is -2.35. The number of piperidine rings is 3. The number of rotatable bonds is 18. The first kappa shape index (κ1) is 99.7. The number of sulfonamides is 1. The minimum absolute atomic E-state index is 0.0427. The number of nitriles is 1. The number of carboxylic acids is 3. The topological polar surface area (TPSA) is 515 Å². The van der Waals surface area contributed by atoms with Crippen molar-refractivity contribution in [1.82, 2.24) is 97.2 Å². The molecule has 18 heterocycles. The Balaban J connectivity index is 0.000000115. The van der Waals surface area contributed by atoms with Gasteiger partial charge in [0.25, 0.3) is 0 Å². The molecule has 4 aliphatic heterocycles. The van der Waals surface area contributed by atoms with E-state index < -0.39 is 27.9 Å². The Morgan fingerprint density at radius 2 is 0.793 bits per heavy atom. The van der Waals surface area contributed by atoms with E-state index in [2.05, 4.69) is 188 Å². The van der Waals surface area contributed by atoms with E-state index in [0.29, 0.717) is 92.5 Å². The average Bonchev–Trinajstić information content (AvgIpc) is 1.67. The molecule has 4 aromatic carbocycles. The van der Waals surface area contributed by atoms with Crippen molar-refractivity contribution in [1.29, 1.82) is 5.26 Å². The number of nitrogen functional groups attached to an aromatic ring is 5. The van der Waals surface area contributed by atoms with E-state index in [1.54, 1.807) is 78.3 Å². The Labute approximate surface area is 873 Å². The monoisotopic (exact) mass is 2290 g/mol. The zero-order valence-corrected chi connectivity index (χ0v) is 87.3. The Kier molecular flexibility index (Phi) is 29.6. The molecule has 43 heteroatoms. The maximum absolute atomic E-state index is 11.9. The Bertz CT molecular complexity index is 8120. The summed E-state index contributed by atoms with van der Waals surface area (Å²) in [6.07, 6.45) is 31.6. The molecule has 1 atom stereocenters. The maximum atomic E-state index is 11.9. The highest BCUT2D eigenvalue weighted by atomic mass is 79.9. The number of aromatic nitrogens is 19. The number of halogens is 5. The molecule has 5 fully saturated rings. The van der Waals surface area contributed by atoms with Crippen molar-refractivity contribution in [3.63, 3.8) is 0 Å². The molecular weight excluding hydrogens is 2190 g/mol. The molecule has 1 aliphatic carbocycles. The van der Waals surface area contributed by atoms with E-state index in [4.69, 9.17) is 74.2 Å². The van der Waals surface area contributed by atoms with Crippen LogP contribution in [0.3, 0.4) is 0 Å². The summed E-state index contributed by atoms with van der Waals surface area (Å²) in [6.45, 7) is 5.62. The van der Waals surface area contributed by atoms with Crippen LogP contribution in [0.25, 0.3) is 116 Å². The zero-order valence-electron chi connectivity index (χ0n) is 78.5. The van der Waals surface area contributed by atoms with Crippen LogP contribution >= 0.6 is 79.6 Å². The predicted molar refractivity (Wildman–Crippen MR) is 577 cm³/mol. The maximum Gasteiger partial charge on any atom is 0.303 e. The van der Waals surface area contributed by atoms with Crippen LogP contribution in [0.4, 0.5) is 46.5 Å². The first-order chi connectivity index (χ1) is 70.0. The molecule has 13 N–H and O–H groups in total. The van der Waals surface area contributed by atoms with Crippen molar-refractivity contribution in [2.24, 2.45) is 23.7 Å². The number of aliphatic carboxylic acids is 3. The van der Waals surface area contributed by atoms with Gasteiger partial charge < -0.3 is 58.7 Å². The quantitative estimate of drug-likeness (QED) is 0.0395. The van der Waals surface area contributed by atoms with Crippen molar-refractivity contribution in [2.45, 2.75) is 108 Å². The van der Waals surface area contributed by atoms with Crippen LogP contribution in [-0.4, -0.2) is 197 Å². The largest absolute Gasteiger partial charge is 0.481 e. The molecule has 1 saturated carbocycles. The number of carbonyl (C=O) groups is 3. The summed E-state index contributed by atoms with van der Waals surface area (Å²) < 4.78 is 37.5. The molecule has 1 unspecified atom stereocenters. The van der Waals surface area contributed by atoms with Crippen molar-refractivity contribution >= 4 is 215 Å². The number of hydrogen-bond acceptors (Lipinski definition) is 28. The Morgan fingerprint density at radius 1 is 0.393 bits per heavy atom. The highest BCUT2D eigenvalue weighted by Gasteiger charge is 2.36. The van der Waals surface area contributed by atoms with Crippen LogP contribution in [0.15, 0.2) is 218 Å². The second kappa shape index (κ2) is 43.1. The number of hydrogen-bond donors (Lipinski definition) is 8. The van der Waals surface area contributed by atoms with Gasteiger partial charge in [0.2, 0.25) is 10.0 Å². The molecule has 5 aliphatic rings. The standard InChI is InChI=1S/C24H22Br2N4O2.C22H20BrN7.C20H19BrN6O2S.C18H19BrN6O2.C18H20N6O2/c25-18-8-7-15-10-17(6-5-16(15)11-18)19-12-28-30-23(27)21(26)22(29-24(19)30)14-3-1-13(2-4-14)9-20(31)32;23-19-20(25)30-21(28-22(19)29-9-6-14(5-8-24)7-10-29)17(13-27-30)16-11-15-3-1-2-4-18(15)26-12-16;1-30(28,29)26-7-6-13(11-26)18-17(21)19(22)27-20(25-18)15(10-24-27)14-8-12-4-2-3-5-16(12)23-9-14;19-15-16(20)25-17(13(10-22-25)12-2-1-5-21-9-12)23-18(15)24-6-3-11(4-7-24)8-14(26)27;19-15-9-16(23-6-3-12(4-7-23)8-17(25)26)22-18-14(11-21-24(15)18)13-2-1-5-20-10-13/h5-8,10-14H,1-4,9,27H2,(H,31,32);1-4,11-14H,5-7,9-10,25H2;2-5,8-10,13H,6-7,11,22H2,1H3;1-2,5,9-11H,3-4,6-8,20H2,(H,26,27);1-2,5,9-12H,3-4,6-8,19H2,(H,25,26). The minimum Gasteiger partial charge on any atom is -0.481 e. The fourth-order valence-electron chi connectivity index (χ4n) is 19.8. The second-order valence-corrected chi connectivity index (χ2v) is 43.0. The van der Waals surface area contributed by atoms with Gasteiger partial charge in [0.05, 0.1) is 74.7 Å². The molecule has 0 bridgehead atoms. The SMILES string of the molecule is CS(=O)(=O)N1CCC(c2nc3c(-c4cnc5ccccc5c4)cnn3c(N)c2Br)C1.N#CCC1CCN(c2nc3c(-c4cnc5ccccc5c4)cnn3c(N)c2Br)CC1.Nc1c(Br)c(C2CCC(CC(=O)O)CC2)nc2c(-c3ccc4cc(Br)ccc4c3)cnn12.Nc1c(Br)c(N2CCC(CC(=O)O)CC2)nc2c(-c3cccnc3)cnn12.Nc1cc(N2CCC(CC(=O)O)CC2)nc2c(-c3cccnc3)cnn12. The smallest absolute Gasteiger partial charge is 0.303 e. The van der Waals surface area contributed by atoms with Gasteiger partial charge >= 0.3 is 17.9 Å². The van der Waals surface area contributed by atoms with E-state index in [0.717, 1.165) is 240 Å². The number of benzene rings is 4. The molecule has 145 heavy (non-hydrogen) atoms. The second-order valence-electron chi connectivity index (χ2n) is 37.0. The fourth-order valence-corrected chi connectivity index (χ4v) is 23.2. The van der Waals surface area contributed by atoms with E-state index in [1.807, 2.05) is 97.3 Å². The normalized spacial score (nSPS) is 16.6. The molecule has 4 saturated heterocycles. The summed E-state index contributed by atoms with van der Waals surface area (Å²) in [5, 5.41) is 62.5. The fraction of sp³-hybridized carbons (Fsp3) is 0.294. The summed E-state index contributed by atoms with van der Waals surface area (Å²) in [4.78, 5) is 81.4. The van der Waals surface area contributed by atoms with Crippen molar-refractivity contribution < 1.29 is 38.1 Å². The number of para-hydroxylation sites is 2. The molecule has 37 nitrogen and oxygen atoms in total. The summed E-state index contributed by atoms with van der Waals surface area (Å²) in [7, 11) is -3.24. The van der Waals surface area contributed by atoms with Crippen LogP contribution in [0, 0.1) is 35.0 Å². The van der Waals surface area contributed by atoms with Crippen molar-refractivity contribution in [2.75, 3.05) is 102 Å². The molecule has 0 amide bonds. The molecule has 23 rings (SSSR count). The number of anilines is 8. The van der Waals surface area contributed by atoms with E-state index >= 15 is 0 Å². The lowest BCUT2D eigenvalue weighted by molar-refractivity contribution is -0.139. The Morgan fingerprint density at radius 3 is 1.25 bits per heavy atom. The van der Waals surface area contributed by atoms with E-state index in [1.165, 1.54) is 10.6 Å². The lowest BCUT2D eigenvalue weighted by atomic mass is 9.79. The zero-order chi connectivity index (χ0) is 101. The van der Waals surface area contributed by atoms with Gasteiger partial charge in [-0.25, -0.2) is 37.6 Å². The van der Waals surface area contributed by atoms with E-state index in [9.17, 15) is 22.8 Å². The molecule has 0 radical (unpaired) electrons. The number of nitrogens with zero attached hydrogens (tertiary/aromatic N) is 24. The number of pyridine rings is 4. The minimum atomic E-state index is -3.24. The molecular formula is C102H100Br5N29O8S. The van der Waals surface area contributed by atoms with Gasteiger partial charge in [-0.3, -0.25) is 34.3 Å². The molecule has 742 valence electrons. The highest BCUT2D eigenvalue weighted by molar-refractivity contribution is 9.11. The van der Waals surface area contributed by atoms with Gasteiger partial charge in [0.15, 0.2) is 28.2 Å². The number of nitrogens with two attached hydrogens (primary N) is 5. The number of fused-ring (bicyclic) bond motifs is 8. The third kappa shape index (κ3) is 21.5. The van der Waals surface area contributed by atoms with Gasteiger partial charge in [0.1, 0.15) is 55.5 Å². The summed E-state index contributed by atoms with van der Waals surface area (Å²) in [5.41, 5.74) is 47.9. The first-order valence-corrected chi connectivity index (χ1v) is 53.2. The van der Waals surface area contributed by atoms with Gasteiger partial charge in [-0.1, -0.05) is 82.7 Å². The third-order valence-corrected chi connectivity index (χ3v) is 32.5. The molecule has 0 spiro atoms. The average molecular weight is 2290 g/mol. The lowest BCUT2D eigenvalue weighted by Gasteiger charge is -2.33. The summed E-state index contributed by atoms with van der Waals surface area (Å²) in [5.74, 6) is 4.05. The van der Waals surface area contributed by atoms with E-state index in [-0.39, 0.29) is 48.9 Å². The van der Waals surface area contributed by atoms with Crippen molar-refractivity contribution in [3.05, 3.63) is 229 Å². The predicted octanol–water partition coefficient (Wildman–Crippen LogP) is 18.8. The van der Waals surface area contributed by atoms with Crippen LogP contribution in [0.2, 0.25) is 0 Å². The van der Waals surface area contributed by atoms with Gasteiger partial charge in [-0.2, -0.15) is 53.3 Å². The first-order valence-electron chi connectivity index (χ1n) is 47.4. The summed E-state index contributed by atoms with van der Waals surface area (Å²) >= 11 is 17.9. The van der Waals surface area contributed by atoms with Crippen molar-refractivity contribution in [3.8, 4) is 61.7 Å². The van der Waals surface area contributed by atoms with Crippen LogP contribution in [-0.2, 0) is 24.4 Å². The summed E-state index contributed by atoms with van der Waals surface area (Å²) in [6, 6.07) is 44.4. The molecule has 14 aromatic heterocycles. The molecule has 18 aromatic rings. The van der Waals surface area contributed by atoms with Gasteiger partial charge in [0, 0.05) is 198 Å². The Hall–Kier alpha value is -14.0. The van der Waals surface area contributed by atoms with Crippen LogP contribution in [0.1, 0.15) is 120 Å². The number of carboxylic acid groups (broad SMARTS) is 3. The van der Waals surface area contributed by atoms with Crippen LogP contribution in [0.5, 0.6) is 0 Å². The van der Waals surface area contributed by atoms with Crippen LogP contribution < -0.4 is 43.4 Å². The highest BCUT2D eigenvalue weighted by Crippen LogP contribution is 2.46. The van der Waals surface area contributed by atoms with Gasteiger partial charge in [-0.05, 0) is 229 Å². The third-order valence-electron chi connectivity index (χ3n) is 27.6.